The van der Waals surface area contributed by atoms with E-state index in [-0.39, 0.29) is 60.1 Å². The number of esters is 4. The molecule has 3 N–H and O–H groups in total. The van der Waals surface area contributed by atoms with Crippen LogP contribution in [0, 0.1) is 0 Å². The van der Waals surface area contributed by atoms with Gasteiger partial charge in [0.15, 0.2) is 28.8 Å². The maximum absolute atomic E-state index is 14.4. The third-order valence-corrected chi connectivity index (χ3v) is 11.7. The summed E-state index contributed by atoms with van der Waals surface area (Å²) in [5, 5.41) is 14.6. The van der Waals surface area contributed by atoms with Gasteiger partial charge in [0.05, 0.1) is 23.6 Å². The molecule has 344 valence electrons. The molecule has 19 nitrogen and oxygen atoms in total. The molecule has 0 spiro atoms. The average Bonchev–Trinajstić information content (AvgIpc) is 3.49. The van der Waals surface area contributed by atoms with E-state index in [4.69, 9.17) is 18.9 Å². The van der Waals surface area contributed by atoms with Crippen LogP contribution in [0.1, 0.15) is 93.0 Å². The van der Waals surface area contributed by atoms with Crippen LogP contribution >= 0.6 is 11.8 Å². The molecule has 4 amide bonds. The third-order valence-electron chi connectivity index (χ3n) is 10.1. The first kappa shape index (κ1) is 48.9. The number of ether oxygens (including phenoxy) is 4. The lowest BCUT2D eigenvalue weighted by atomic mass is 9.91. The number of unbranched alkanes of at least 4 members (excludes halogenated alkanes) is 1. The van der Waals surface area contributed by atoms with Gasteiger partial charge in [-0.05, 0) is 56.5 Å². The number of ketones is 1. The molecule has 0 unspecified atom stereocenters. The summed E-state index contributed by atoms with van der Waals surface area (Å²) >= 11 is 1.25. The Labute approximate surface area is 377 Å². The Kier molecular flexibility index (Phi) is 15.9. The largest absolute Gasteiger partial charge is 0.480 e. The van der Waals surface area contributed by atoms with E-state index in [2.05, 4.69) is 10.6 Å². The second kappa shape index (κ2) is 21.1. The molecule has 4 atom stereocenters. The Balaban J connectivity index is 1.36. The number of carboxylic acid groups (broad SMARTS) is 1. The molecule has 2 fully saturated rings. The van der Waals surface area contributed by atoms with Gasteiger partial charge in [0.2, 0.25) is 11.8 Å². The Morgan fingerprint density at radius 1 is 0.754 bits per heavy atom. The van der Waals surface area contributed by atoms with E-state index in [1.54, 1.807) is 44.2 Å². The van der Waals surface area contributed by atoms with Gasteiger partial charge in [-0.15, -0.1) is 11.8 Å². The smallest absolute Gasteiger partial charge is 0.327 e. The lowest BCUT2D eigenvalue weighted by molar-refractivity contribution is -0.161. The van der Waals surface area contributed by atoms with E-state index in [1.165, 1.54) is 53.1 Å². The van der Waals surface area contributed by atoms with Crippen LogP contribution < -0.4 is 29.6 Å². The predicted molar refractivity (Wildman–Crippen MR) is 230 cm³/mol. The van der Waals surface area contributed by atoms with Crippen molar-refractivity contribution in [3.05, 3.63) is 83.4 Å². The zero-order valence-corrected chi connectivity index (χ0v) is 37.2. The summed E-state index contributed by atoms with van der Waals surface area (Å²) in [5.41, 5.74) is 0.103. The summed E-state index contributed by atoms with van der Waals surface area (Å²) in [6.45, 7) is 7.17. The normalized spacial score (nSPS) is 17.3. The number of hydrogen-bond acceptors (Lipinski definition) is 15. The molecule has 65 heavy (non-hydrogen) atoms. The minimum Gasteiger partial charge on any atom is -0.480 e. The zero-order valence-electron chi connectivity index (χ0n) is 36.4. The molecule has 2 heterocycles. The molecule has 2 aliphatic rings. The second-order valence-corrected chi connectivity index (χ2v) is 17.4. The molecular weight excluding hydrogens is 869 g/mol. The number of Topliss-reactive ketones (excluding diaryl/α,β-unsaturated/α-hetero) is 1. The van der Waals surface area contributed by atoms with Crippen LogP contribution in [-0.4, -0.2) is 116 Å². The Bertz CT molecular complexity index is 2400. The Hall–Kier alpha value is -7.09. The van der Waals surface area contributed by atoms with E-state index in [0.717, 1.165) is 32.6 Å². The minimum atomic E-state index is -1.17. The van der Waals surface area contributed by atoms with Crippen molar-refractivity contribution in [2.45, 2.75) is 88.9 Å². The number of rotatable bonds is 19. The van der Waals surface area contributed by atoms with Gasteiger partial charge in [0, 0.05) is 52.0 Å². The lowest BCUT2D eigenvalue weighted by Gasteiger charge is -2.44. The van der Waals surface area contributed by atoms with E-state index in [1.807, 2.05) is 0 Å². The Morgan fingerprint density at radius 3 is 1.86 bits per heavy atom. The molecule has 3 aromatic carbocycles. The average molecular weight is 917 g/mol. The summed E-state index contributed by atoms with van der Waals surface area (Å²) in [5.74, 6) is -9.73. The fraction of sp³-hybridized carbons (Fsp3) is 0.378. The number of benzene rings is 3. The summed E-state index contributed by atoms with van der Waals surface area (Å²) in [6, 6.07) is 14.3. The number of aliphatic carboxylic acids is 1. The lowest BCUT2D eigenvalue weighted by Crippen LogP contribution is -2.70. The van der Waals surface area contributed by atoms with Gasteiger partial charge in [-0.3, -0.25) is 43.2 Å². The van der Waals surface area contributed by atoms with Crippen LogP contribution in [-0.2, 0) is 38.4 Å². The fourth-order valence-electron chi connectivity index (χ4n) is 7.45. The number of carboxylic acids is 1. The van der Waals surface area contributed by atoms with Crippen LogP contribution in [0.4, 0.5) is 0 Å². The topological polar surface area (TPSA) is 258 Å². The first-order chi connectivity index (χ1) is 30.7. The quantitative estimate of drug-likeness (QED) is 0.0674. The molecule has 3 aromatic rings. The summed E-state index contributed by atoms with van der Waals surface area (Å²) in [4.78, 5) is 131. The standard InChI is InChI=1S/C45H48N4O15S/c1-24(50)61-33-18-12-16-30(36(33)63-26(3)52)39(55)46-20-10-11-21-48(41(57)31-17-13-19-34(62-25(2)51)37(31)64-27(4)53)23-29(54)22-32(28-14-8-7-9-15-28)40(56)47-35-42(58)49-38(44(59)60)45(5,6)65-43(35)49/h7-9,12-19,32,35,38,43H,10-11,20-23H2,1-6H3,(H,46,55)(H,47,56)(H,59,60)/t32-,35-,38+,43-/m1/s1. The van der Waals surface area contributed by atoms with Crippen LogP contribution in [0.15, 0.2) is 66.7 Å². The predicted octanol–water partition coefficient (Wildman–Crippen LogP) is 3.41. The van der Waals surface area contributed by atoms with Gasteiger partial charge in [-0.1, -0.05) is 42.5 Å². The zero-order chi connectivity index (χ0) is 47.7. The number of fused-ring (bicyclic) bond motifs is 1. The van der Waals surface area contributed by atoms with Gasteiger partial charge in [0.25, 0.3) is 11.8 Å². The van der Waals surface area contributed by atoms with Gasteiger partial charge in [-0.2, -0.15) is 0 Å². The molecule has 2 aliphatic heterocycles. The van der Waals surface area contributed by atoms with Crippen LogP contribution in [0.5, 0.6) is 23.0 Å². The molecule has 0 aliphatic carbocycles. The number of para-hydroxylation sites is 2. The summed E-state index contributed by atoms with van der Waals surface area (Å²) in [7, 11) is 0. The number of nitrogens with one attached hydrogen (secondary N) is 2. The monoisotopic (exact) mass is 916 g/mol. The molecule has 0 saturated carbocycles. The number of amides is 4. The molecule has 0 bridgehead atoms. The van der Waals surface area contributed by atoms with Gasteiger partial charge in [0.1, 0.15) is 17.5 Å². The summed E-state index contributed by atoms with van der Waals surface area (Å²) in [6.07, 6.45) is -0.0464. The van der Waals surface area contributed by atoms with Crippen molar-refractivity contribution in [2.75, 3.05) is 19.6 Å². The van der Waals surface area contributed by atoms with Gasteiger partial charge in [-0.25, -0.2) is 4.79 Å². The first-order valence-corrected chi connectivity index (χ1v) is 21.2. The first-order valence-electron chi connectivity index (χ1n) is 20.4. The van der Waals surface area contributed by atoms with Gasteiger partial charge < -0.3 is 44.5 Å². The van der Waals surface area contributed by atoms with Crippen molar-refractivity contribution in [3.8, 4) is 23.0 Å². The van der Waals surface area contributed by atoms with Crippen molar-refractivity contribution >= 4 is 71.0 Å². The van der Waals surface area contributed by atoms with Crippen molar-refractivity contribution in [2.24, 2.45) is 0 Å². The van der Waals surface area contributed by atoms with E-state index < -0.39 is 100 Å². The highest BCUT2D eigenvalue weighted by atomic mass is 32.2. The number of thioether (sulfide) groups is 1. The van der Waals surface area contributed by atoms with E-state index >= 15 is 0 Å². The fourth-order valence-corrected chi connectivity index (χ4v) is 9.07. The van der Waals surface area contributed by atoms with Crippen LogP contribution in [0.3, 0.4) is 0 Å². The number of β-lactam (4-membered cyclic amide) rings is 1. The molecule has 0 aromatic heterocycles. The SMILES string of the molecule is CC(=O)Oc1cccc(C(=O)NCCCCN(CC(=O)C[C@@H](C(=O)N[C@@H]2C(=O)N3[C@@H]2SC(C)(C)[C@@H]3C(=O)O)c2ccccc2)C(=O)c2cccc(OC(C)=O)c2OC(C)=O)c1OC(C)=O. The van der Waals surface area contributed by atoms with Crippen molar-refractivity contribution in [1.29, 1.82) is 0 Å². The van der Waals surface area contributed by atoms with Crippen LogP contribution in [0.25, 0.3) is 0 Å². The molecule has 5 rings (SSSR count). The molecule has 20 heteroatoms. The number of hydrogen-bond donors (Lipinski definition) is 3. The minimum absolute atomic E-state index is 0.0178. The molecule has 2 saturated heterocycles. The molecule has 0 radical (unpaired) electrons. The number of nitrogens with zero attached hydrogens (tertiary/aromatic N) is 2. The number of carbonyl (C=O) groups is 10. The maximum atomic E-state index is 14.4. The maximum Gasteiger partial charge on any atom is 0.327 e. The number of carbonyl (C=O) groups excluding carboxylic acids is 9. The second-order valence-electron chi connectivity index (χ2n) is 15.6. The third kappa shape index (κ3) is 11.9. The highest BCUT2D eigenvalue weighted by Gasteiger charge is 2.64. The van der Waals surface area contributed by atoms with Crippen LogP contribution in [0.2, 0.25) is 0 Å². The van der Waals surface area contributed by atoms with Crippen molar-refractivity contribution < 1.29 is 72.0 Å². The highest BCUT2D eigenvalue weighted by molar-refractivity contribution is 8.01. The van der Waals surface area contributed by atoms with E-state index in [0.29, 0.717) is 5.56 Å². The van der Waals surface area contributed by atoms with Gasteiger partial charge >= 0.3 is 29.8 Å². The summed E-state index contributed by atoms with van der Waals surface area (Å²) < 4.78 is 20.0. The van der Waals surface area contributed by atoms with E-state index in [9.17, 15) is 53.1 Å². The Morgan fingerprint density at radius 2 is 1.31 bits per heavy atom. The molecular formula is C45H48N4O15S. The van der Waals surface area contributed by atoms with Crippen molar-refractivity contribution in [3.63, 3.8) is 0 Å². The van der Waals surface area contributed by atoms with Crippen molar-refractivity contribution in [1.82, 2.24) is 20.4 Å². The highest BCUT2D eigenvalue weighted by Crippen LogP contribution is 2.51.